The number of aryl methyl sites for hydroxylation is 2. The summed E-state index contributed by atoms with van der Waals surface area (Å²) in [6.45, 7) is 4.09. The van der Waals surface area contributed by atoms with Gasteiger partial charge in [-0.2, -0.15) is 5.10 Å². The number of rotatable bonds is 1. The zero-order valence-corrected chi connectivity index (χ0v) is 10.3. The molecule has 2 aromatic rings. The Morgan fingerprint density at radius 1 is 1.46 bits per heavy atom. The molecule has 0 N–H and O–H groups in total. The first-order valence-electron chi connectivity index (χ1n) is 3.81. The second-order valence-corrected chi connectivity index (χ2v) is 5.17. The predicted molar refractivity (Wildman–Crippen MR) is 61.4 cm³/mol. The molecular weight excluding hydrogens is 297 g/mol. The van der Waals surface area contributed by atoms with Crippen molar-refractivity contribution in [2.24, 2.45) is 0 Å². The fourth-order valence-corrected chi connectivity index (χ4v) is 2.19. The maximum Gasteiger partial charge on any atom is 0.210 e. The van der Waals surface area contributed by atoms with E-state index in [-0.39, 0.29) is 0 Å². The van der Waals surface area contributed by atoms with Crippen molar-refractivity contribution in [3.05, 3.63) is 26.5 Å². The Morgan fingerprint density at radius 3 is 2.69 bits per heavy atom. The Bertz CT molecular complexity index is 413. The molecule has 2 heterocycles. The van der Waals surface area contributed by atoms with Crippen LogP contribution in [0.15, 0.2) is 12.4 Å². The van der Waals surface area contributed by atoms with Crippen molar-refractivity contribution >= 4 is 33.9 Å². The first-order chi connectivity index (χ1) is 6.16. The van der Waals surface area contributed by atoms with Crippen molar-refractivity contribution in [3.63, 3.8) is 0 Å². The van der Waals surface area contributed by atoms with Gasteiger partial charge in [0.2, 0.25) is 5.13 Å². The number of thiazole rings is 1. The monoisotopic (exact) mass is 305 g/mol. The lowest BCUT2D eigenvalue weighted by atomic mass is 10.4. The van der Waals surface area contributed by atoms with Gasteiger partial charge in [0, 0.05) is 11.1 Å². The molecule has 2 aromatic heterocycles. The van der Waals surface area contributed by atoms with Gasteiger partial charge in [-0.25, -0.2) is 9.67 Å². The van der Waals surface area contributed by atoms with Gasteiger partial charge >= 0.3 is 0 Å². The van der Waals surface area contributed by atoms with Crippen molar-refractivity contribution in [1.82, 2.24) is 14.8 Å². The lowest BCUT2D eigenvalue weighted by molar-refractivity contribution is 0.865. The maximum absolute atomic E-state index is 4.41. The quantitative estimate of drug-likeness (QED) is 0.758. The highest BCUT2D eigenvalue weighted by Crippen LogP contribution is 2.20. The Labute approximate surface area is 93.9 Å². The Balaban J connectivity index is 2.46. The molecule has 0 aromatic carbocycles. The van der Waals surface area contributed by atoms with Crippen LogP contribution in [0.3, 0.4) is 0 Å². The third kappa shape index (κ3) is 1.76. The van der Waals surface area contributed by atoms with Crippen molar-refractivity contribution < 1.29 is 0 Å². The molecular formula is C8H8IN3S. The predicted octanol–water partition coefficient (Wildman–Crippen LogP) is 2.55. The van der Waals surface area contributed by atoms with Crippen LogP contribution in [0.5, 0.6) is 0 Å². The van der Waals surface area contributed by atoms with Gasteiger partial charge in [0.05, 0.1) is 15.5 Å². The third-order valence-corrected chi connectivity index (χ3v) is 3.38. The maximum atomic E-state index is 4.41. The summed E-state index contributed by atoms with van der Waals surface area (Å²) in [6, 6.07) is 0. The SMILES string of the molecule is Cc1nc(-n2cc(I)cn2)sc1C. The summed E-state index contributed by atoms with van der Waals surface area (Å²) in [5, 5.41) is 5.14. The molecule has 0 atom stereocenters. The van der Waals surface area contributed by atoms with Gasteiger partial charge < -0.3 is 0 Å². The van der Waals surface area contributed by atoms with E-state index in [1.165, 1.54) is 4.88 Å². The fraction of sp³-hybridized carbons (Fsp3) is 0.250. The largest absolute Gasteiger partial charge is 0.223 e. The van der Waals surface area contributed by atoms with Gasteiger partial charge in [0.25, 0.3) is 0 Å². The highest BCUT2D eigenvalue weighted by Gasteiger charge is 2.05. The van der Waals surface area contributed by atoms with E-state index >= 15 is 0 Å². The topological polar surface area (TPSA) is 30.7 Å². The van der Waals surface area contributed by atoms with Crippen molar-refractivity contribution in [1.29, 1.82) is 0 Å². The molecule has 5 heteroatoms. The normalized spacial score (nSPS) is 10.7. The average Bonchev–Trinajstić information content (AvgIpc) is 2.61. The molecule has 0 unspecified atom stereocenters. The minimum atomic E-state index is 0.943. The molecule has 0 spiro atoms. The standard InChI is InChI=1S/C8H8IN3S/c1-5-6(2)13-8(11-5)12-4-7(9)3-10-12/h3-4H,1-2H3. The number of halogens is 1. The molecule has 2 rings (SSSR count). The average molecular weight is 305 g/mol. The van der Waals surface area contributed by atoms with Crippen LogP contribution < -0.4 is 0 Å². The summed E-state index contributed by atoms with van der Waals surface area (Å²) in [6.07, 6.45) is 3.80. The van der Waals surface area contributed by atoms with Crippen LogP contribution in [0.1, 0.15) is 10.6 Å². The number of aromatic nitrogens is 3. The molecule has 3 nitrogen and oxygen atoms in total. The van der Waals surface area contributed by atoms with Gasteiger partial charge in [-0.15, -0.1) is 0 Å². The van der Waals surface area contributed by atoms with Crippen LogP contribution in [0, 0.1) is 17.4 Å². The molecule has 0 aliphatic rings. The third-order valence-electron chi connectivity index (χ3n) is 1.76. The van der Waals surface area contributed by atoms with Gasteiger partial charge in [0.1, 0.15) is 0 Å². The molecule has 0 aliphatic heterocycles. The Hall–Kier alpha value is -0.430. The van der Waals surface area contributed by atoms with E-state index in [0.717, 1.165) is 14.4 Å². The molecule has 68 valence electrons. The summed E-state index contributed by atoms with van der Waals surface area (Å²) >= 11 is 3.90. The van der Waals surface area contributed by atoms with E-state index in [0.29, 0.717) is 0 Å². The second-order valence-electron chi connectivity index (χ2n) is 2.74. The lowest BCUT2D eigenvalue weighted by Gasteiger charge is -1.90. The number of hydrogen-bond acceptors (Lipinski definition) is 3. The van der Waals surface area contributed by atoms with E-state index < -0.39 is 0 Å². The fourth-order valence-electron chi connectivity index (χ4n) is 0.959. The lowest BCUT2D eigenvalue weighted by Crippen LogP contribution is -1.92. The van der Waals surface area contributed by atoms with Crippen molar-refractivity contribution in [2.75, 3.05) is 0 Å². The molecule has 0 amide bonds. The van der Waals surface area contributed by atoms with Crippen LogP contribution >= 0.6 is 33.9 Å². The van der Waals surface area contributed by atoms with Crippen LogP contribution in [0.4, 0.5) is 0 Å². The van der Waals surface area contributed by atoms with Crippen LogP contribution in [-0.4, -0.2) is 14.8 Å². The second kappa shape index (κ2) is 3.38. The summed E-state index contributed by atoms with van der Waals surface area (Å²) in [7, 11) is 0. The number of hydrogen-bond donors (Lipinski definition) is 0. The van der Waals surface area contributed by atoms with E-state index in [1.54, 1.807) is 11.3 Å². The Kier molecular flexibility index (Phi) is 2.37. The van der Waals surface area contributed by atoms with Crippen molar-refractivity contribution in [2.45, 2.75) is 13.8 Å². The van der Waals surface area contributed by atoms with Crippen LogP contribution in [0.25, 0.3) is 5.13 Å². The zero-order valence-electron chi connectivity index (χ0n) is 7.28. The van der Waals surface area contributed by atoms with Crippen molar-refractivity contribution in [3.8, 4) is 5.13 Å². The highest BCUT2D eigenvalue weighted by molar-refractivity contribution is 14.1. The van der Waals surface area contributed by atoms with E-state index in [1.807, 2.05) is 24.0 Å². The molecule has 0 fully saturated rings. The van der Waals surface area contributed by atoms with Gasteiger partial charge in [0.15, 0.2) is 0 Å². The van der Waals surface area contributed by atoms with Gasteiger partial charge in [-0.3, -0.25) is 0 Å². The first-order valence-corrected chi connectivity index (χ1v) is 5.71. The minimum Gasteiger partial charge on any atom is -0.223 e. The van der Waals surface area contributed by atoms with Crippen LogP contribution in [0.2, 0.25) is 0 Å². The molecule has 13 heavy (non-hydrogen) atoms. The zero-order chi connectivity index (χ0) is 9.42. The molecule has 0 aliphatic carbocycles. The smallest absolute Gasteiger partial charge is 0.210 e. The molecule has 0 saturated carbocycles. The summed E-state index contributed by atoms with van der Waals surface area (Å²) in [5.41, 5.74) is 1.09. The van der Waals surface area contributed by atoms with Crippen LogP contribution in [-0.2, 0) is 0 Å². The summed E-state index contributed by atoms with van der Waals surface area (Å²) in [4.78, 5) is 5.66. The molecule has 0 radical (unpaired) electrons. The molecule has 0 saturated heterocycles. The number of nitrogens with zero attached hydrogens (tertiary/aromatic N) is 3. The highest BCUT2D eigenvalue weighted by atomic mass is 127. The minimum absolute atomic E-state index is 0.943. The molecule has 0 bridgehead atoms. The summed E-state index contributed by atoms with van der Waals surface area (Å²) in [5.74, 6) is 0. The van der Waals surface area contributed by atoms with E-state index in [4.69, 9.17) is 0 Å². The van der Waals surface area contributed by atoms with E-state index in [9.17, 15) is 0 Å². The van der Waals surface area contributed by atoms with Gasteiger partial charge in [-0.1, -0.05) is 11.3 Å². The van der Waals surface area contributed by atoms with E-state index in [2.05, 4.69) is 39.6 Å². The summed E-state index contributed by atoms with van der Waals surface area (Å²) < 4.78 is 2.94. The first kappa shape index (κ1) is 9.14. The van der Waals surface area contributed by atoms with Gasteiger partial charge in [-0.05, 0) is 36.4 Å². The Morgan fingerprint density at radius 2 is 2.23 bits per heavy atom.